The van der Waals surface area contributed by atoms with Crippen LogP contribution in [0.25, 0.3) is 0 Å². The molecule has 88 valence electrons. The third-order valence-corrected chi connectivity index (χ3v) is 3.28. The summed E-state index contributed by atoms with van der Waals surface area (Å²) in [5.41, 5.74) is 0. The fourth-order valence-corrected chi connectivity index (χ4v) is 2.34. The Hall–Kier alpha value is -0.200. The number of piperazine rings is 2. The van der Waals surface area contributed by atoms with E-state index in [0.29, 0.717) is 6.17 Å². The number of nitrogens with one attached hydrogen (secondary N) is 2. The zero-order valence-corrected chi connectivity index (χ0v) is 9.28. The van der Waals surface area contributed by atoms with Gasteiger partial charge in [-0.2, -0.15) is 0 Å². The largest absolute Gasteiger partial charge is 0.395 e. The minimum atomic E-state index is 0.281. The van der Waals surface area contributed by atoms with Gasteiger partial charge in [0.15, 0.2) is 0 Å². The molecule has 2 aliphatic heterocycles. The van der Waals surface area contributed by atoms with Crippen LogP contribution in [-0.2, 0) is 0 Å². The quantitative estimate of drug-likeness (QED) is 0.513. The van der Waals surface area contributed by atoms with Gasteiger partial charge in [-0.25, -0.2) is 0 Å². The molecule has 1 unspecified atom stereocenters. The van der Waals surface area contributed by atoms with Crippen LogP contribution < -0.4 is 10.6 Å². The Labute approximate surface area is 91.4 Å². The minimum Gasteiger partial charge on any atom is -0.395 e. The van der Waals surface area contributed by atoms with Crippen LogP contribution in [0, 0.1) is 0 Å². The van der Waals surface area contributed by atoms with Gasteiger partial charge in [0.05, 0.1) is 12.8 Å². The first-order chi connectivity index (χ1) is 7.40. The smallest absolute Gasteiger partial charge is 0.0727 e. The third-order valence-electron chi connectivity index (χ3n) is 3.28. The Balaban J connectivity index is 1.72. The van der Waals surface area contributed by atoms with Crippen LogP contribution >= 0.6 is 0 Å². The molecule has 2 saturated heterocycles. The van der Waals surface area contributed by atoms with Gasteiger partial charge in [-0.3, -0.25) is 15.1 Å². The van der Waals surface area contributed by atoms with Crippen molar-refractivity contribution >= 4 is 0 Å². The topological polar surface area (TPSA) is 50.8 Å². The van der Waals surface area contributed by atoms with Crippen molar-refractivity contribution in [3.8, 4) is 0 Å². The standard InChI is InChI=1S/C10H22N4O/c15-8-7-13-3-5-14(6-4-13)10-9-11-1-2-12-10/h10-12,15H,1-9H2. The Morgan fingerprint density at radius 1 is 1.13 bits per heavy atom. The molecule has 0 aromatic heterocycles. The molecule has 5 heteroatoms. The van der Waals surface area contributed by atoms with Crippen molar-refractivity contribution in [1.82, 2.24) is 20.4 Å². The van der Waals surface area contributed by atoms with E-state index < -0.39 is 0 Å². The average molecular weight is 214 g/mol. The zero-order valence-electron chi connectivity index (χ0n) is 9.28. The molecule has 0 radical (unpaired) electrons. The van der Waals surface area contributed by atoms with Crippen LogP contribution in [0.15, 0.2) is 0 Å². The van der Waals surface area contributed by atoms with E-state index in [-0.39, 0.29) is 6.61 Å². The summed E-state index contributed by atoms with van der Waals surface area (Å²) in [4.78, 5) is 4.83. The Kier molecular flexibility index (Phi) is 4.34. The first kappa shape index (κ1) is 11.3. The van der Waals surface area contributed by atoms with E-state index in [1.165, 1.54) is 0 Å². The molecule has 2 aliphatic rings. The molecule has 2 rings (SSSR count). The molecule has 3 N–H and O–H groups in total. The predicted octanol–water partition coefficient (Wildman–Crippen LogP) is -1.88. The van der Waals surface area contributed by atoms with E-state index >= 15 is 0 Å². The highest BCUT2D eigenvalue weighted by molar-refractivity contribution is 4.81. The number of aliphatic hydroxyl groups is 1. The summed E-state index contributed by atoms with van der Waals surface area (Å²) in [6, 6.07) is 0. The molecule has 5 nitrogen and oxygen atoms in total. The lowest BCUT2D eigenvalue weighted by atomic mass is 10.2. The minimum absolute atomic E-state index is 0.281. The van der Waals surface area contributed by atoms with E-state index in [2.05, 4.69) is 20.4 Å². The third kappa shape index (κ3) is 3.12. The maximum atomic E-state index is 8.86. The van der Waals surface area contributed by atoms with Crippen LogP contribution in [0.5, 0.6) is 0 Å². The van der Waals surface area contributed by atoms with Gasteiger partial charge < -0.3 is 10.4 Å². The molecule has 1 atom stereocenters. The number of aliphatic hydroxyl groups excluding tert-OH is 1. The maximum absolute atomic E-state index is 8.86. The van der Waals surface area contributed by atoms with Crippen molar-refractivity contribution in [2.45, 2.75) is 6.17 Å². The molecule has 0 amide bonds. The molecule has 15 heavy (non-hydrogen) atoms. The highest BCUT2D eigenvalue weighted by atomic mass is 16.3. The van der Waals surface area contributed by atoms with Gasteiger partial charge in [-0.05, 0) is 0 Å². The van der Waals surface area contributed by atoms with Crippen LogP contribution in [0.3, 0.4) is 0 Å². The summed E-state index contributed by atoms with van der Waals surface area (Å²) < 4.78 is 0. The number of hydrogen-bond donors (Lipinski definition) is 3. The number of hydrogen-bond acceptors (Lipinski definition) is 5. The van der Waals surface area contributed by atoms with Crippen LogP contribution in [0.4, 0.5) is 0 Å². The van der Waals surface area contributed by atoms with E-state index in [1.54, 1.807) is 0 Å². The van der Waals surface area contributed by atoms with Crippen LogP contribution in [0.1, 0.15) is 0 Å². The first-order valence-electron chi connectivity index (χ1n) is 5.91. The Bertz CT molecular complexity index is 176. The van der Waals surface area contributed by atoms with E-state index in [1.807, 2.05) is 0 Å². The number of β-amino-alcohol motifs (C(OH)–C–C–N with tert-alkyl or cyclic N) is 1. The molecule has 0 bridgehead atoms. The molecule has 0 aromatic rings. The number of rotatable bonds is 3. The van der Waals surface area contributed by atoms with Gasteiger partial charge >= 0.3 is 0 Å². The van der Waals surface area contributed by atoms with Crippen molar-refractivity contribution in [2.24, 2.45) is 0 Å². The predicted molar refractivity (Wildman–Crippen MR) is 59.8 cm³/mol. The normalized spacial score (nSPS) is 30.6. The van der Waals surface area contributed by atoms with Crippen molar-refractivity contribution in [2.75, 3.05) is 59.0 Å². The molecule has 0 spiro atoms. The highest BCUT2D eigenvalue weighted by Gasteiger charge is 2.24. The monoisotopic (exact) mass is 214 g/mol. The summed E-state index contributed by atoms with van der Waals surface area (Å²) in [7, 11) is 0. The second-order valence-corrected chi connectivity index (χ2v) is 4.28. The fraction of sp³-hybridized carbons (Fsp3) is 1.00. The molecule has 0 aromatic carbocycles. The van der Waals surface area contributed by atoms with Gasteiger partial charge in [-0.1, -0.05) is 0 Å². The van der Waals surface area contributed by atoms with Crippen molar-refractivity contribution in [3.05, 3.63) is 0 Å². The van der Waals surface area contributed by atoms with E-state index in [0.717, 1.165) is 52.4 Å². The van der Waals surface area contributed by atoms with Gasteiger partial charge in [0.1, 0.15) is 0 Å². The summed E-state index contributed by atoms with van der Waals surface area (Å²) in [6.07, 6.45) is 0.509. The van der Waals surface area contributed by atoms with Gasteiger partial charge in [0.25, 0.3) is 0 Å². The van der Waals surface area contributed by atoms with E-state index in [4.69, 9.17) is 5.11 Å². The summed E-state index contributed by atoms with van der Waals surface area (Å²) in [5.74, 6) is 0. The molecule has 0 saturated carbocycles. The summed E-state index contributed by atoms with van der Waals surface area (Å²) in [6.45, 7) is 8.70. The molecule has 2 fully saturated rings. The maximum Gasteiger partial charge on any atom is 0.0727 e. The molecule has 0 aliphatic carbocycles. The molecular formula is C10H22N4O. The number of nitrogens with zero attached hydrogens (tertiary/aromatic N) is 2. The lowest BCUT2D eigenvalue weighted by Gasteiger charge is -2.41. The Morgan fingerprint density at radius 2 is 1.93 bits per heavy atom. The van der Waals surface area contributed by atoms with Crippen molar-refractivity contribution in [3.63, 3.8) is 0 Å². The van der Waals surface area contributed by atoms with Crippen LogP contribution in [-0.4, -0.2) is 80.0 Å². The summed E-state index contributed by atoms with van der Waals surface area (Å²) >= 11 is 0. The Morgan fingerprint density at radius 3 is 2.53 bits per heavy atom. The second kappa shape index (κ2) is 5.77. The van der Waals surface area contributed by atoms with Gasteiger partial charge in [0.2, 0.25) is 0 Å². The van der Waals surface area contributed by atoms with Gasteiger partial charge in [0, 0.05) is 52.4 Å². The lowest BCUT2D eigenvalue weighted by molar-refractivity contribution is 0.0657. The molecular weight excluding hydrogens is 192 g/mol. The zero-order chi connectivity index (χ0) is 10.5. The summed E-state index contributed by atoms with van der Waals surface area (Å²) in [5, 5.41) is 15.8. The second-order valence-electron chi connectivity index (χ2n) is 4.28. The van der Waals surface area contributed by atoms with Crippen molar-refractivity contribution < 1.29 is 5.11 Å². The lowest BCUT2D eigenvalue weighted by Crippen LogP contribution is -2.61. The van der Waals surface area contributed by atoms with E-state index in [9.17, 15) is 0 Å². The molecule has 2 heterocycles. The van der Waals surface area contributed by atoms with Crippen LogP contribution in [0.2, 0.25) is 0 Å². The SMILES string of the molecule is OCCN1CCN(C2CNCCN2)CC1. The van der Waals surface area contributed by atoms with Crippen molar-refractivity contribution in [1.29, 1.82) is 0 Å². The fourth-order valence-electron chi connectivity index (χ4n) is 2.34. The average Bonchev–Trinajstić information content (AvgIpc) is 2.32. The van der Waals surface area contributed by atoms with Gasteiger partial charge in [-0.15, -0.1) is 0 Å². The highest BCUT2D eigenvalue weighted by Crippen LogP contribution is 2.05. The first-order valence-corrected chi connectivity index (χ1v) is 5.91.